The molecule has 7 rings (SSSR count). The highest BCUT2D eigenvalue weighted by Crippen LogP contribution is 2.46. The standard InChI is InChI=1S/C74H111F11N12O14/c1-12-42(3)60-68(107)91(7)39-58(100)92(8)51-22-15-14-18-31-96(67(51)106)54(34-43-23-26-46(27-24-43)73(80,81)82)66(105)90(6)38-56(98)86-50(28-25-44-32-48(75)59(49(76)33-44)74(83,84)85)64(103)97-37-47(111-13-2)35-52(97)63(102)88-71(29-19-30-71)70(109)95(11)61(45-20-16-17-21-45)69(108)94(10)53(65(104)89(4)5)36-57(99)93(9)55(62(101)87-60)40-110-41-72(77,78)79/h14-15,42-55,59-61H,12-13,16-41H2,1-11H3,(H,86,98)(H,87,101)(H,88,102)/b15-14-/t42-,43?,44?,46?,47+,48?,49?,50-,51-,52-,53-,54-,55-,59?,60-,61-/m0/s1. The Hall–Kier alpha value is -7.47. The second kappa shape index (κ2) is 38.6. The van der Waals surface area contributed by atoms with Crippen LogP contribution < -0.4 is 16.0 Å². The number of carbonyl (C=O) groups excluding carboxylic acids is 12. The van der Waals surface area contributed by atoms with Crippen LogP contribution in [-0.2, 0) is 67.0 Å². The quantitative estimate of drug-likeness (QED) is 0.135. The second-order valence-corrected chi connectivity index (χ2v) is 31.7. The Bertz CT molecular complexity index is 3320. The van der Waals surface area contributed by atoms with Crippen molar-refractivity contribution in [3.05, 3.63) is 12.2 Å². The molecule has 0 aromatic carbocycles. The van der Waals surface area contributed by atoms with Gasteiger partial charge in [0, 0.05) is 82.5 Å². The minimum absolute atomic E-state index is 0.0151. The van der Waals surface area contributed by atoms with Crippen LogP contribution in [0.25, 0.3) is 0 Å². The molecular weight excluding hydrogens is 1490 g/mol. The van der Waals surface area contributed by atoms with E-state index in [-0.39, 0.29) is 96.7 Å². The van der Waals surface area contributed by atoms with Gasteiger partial charge in [0.2, 0.25) is 70.9 Å². The number of carbonyl (C=O) groups is 12. The molecule has 2 saturated heterocycles. The monoisotopic (exact) mass is 1600 g/mol. The summed E-state index contributed by atoms with van der Waals surface area (Å²) in [6.45, 7) is -0.508. The molecule has 628 valence electrons. The van der Waals surface area contributed by atoms with Crippen LogP contribution in [0, 0.1) is 35.5 Å². The number of likely N-dealkylation sites (N-methyl/N-ethyl adjacent to an activating group) is 7. The van der Waals surface area contributed by atoms with E-state index in [0.29, 0.717) is 37.0 Å². The Balaban J connectivity index is 1.33. The van der Waals surface area contributed by atoms with Gasteiger partial charge in [-0.3, -0.25) is 57.5 Å². The minimum atomic E-state index is -5.24. The molecule has 3 N–H and O–H groups in total. The van der Waals surface area contributed by atoms with Crippen LogP contribution >= 0.6 is 0 Å². The van der Waals surface area contributed by atoms with Crippen molar-refractivity contribution >= 4 is 70.9 Å². The first-order valence-electron chi connectivity index (χ1n) is 38.5. The molecule has 6 fully saturated rings. The Labute approximate surface area is 640 Å². The smallest absolute Gasteiger partial charge is 0.377 e. The van der Waals surface area contributed by atoms with Crippen LogP contribution in [0.3, 0.4) is 0 Å². The topological polar surface area (TPSA) is 289 Å². The van der Waals surface area contributed by atoms with E-state index in [1.807, 2.05) is 0 Å². The zero-order chi connectivity index (χ0) is 82.7. The fraction of sp³-hybridized carbons (Fsp3) is 0.811. The third-order valence-electron chi connectivity index (χ3n) is 23.8. The average molecular weight is 1600 g/mol. The zero-order valence-corrected chi connectivity index (χ0v) is 65.2. The van der Waals surface area contributed by atoms with Crippen LogP contribution in [0.2, 0.25) is 0 Å². The number of alkyl halides is 11. The summed E-state index contributed by atoms with van der Waals surface area (Å²) in [4.78, 5) is 189. The molecule has 0 aromatic rings. The predicted molar refractivity (Wildman–Crippen MR) is 379 cm³/mol. The van der Waals surface area contributed by atoms with Crippen LogP contribution in [0.5, 0.6) is 0 Å². The van der Waals surface area contributed by atoms with Gasteiger partial charge in [0.15, 0.2) is 0 Å². The molecule has 0 radical (unpaired) electrons. The van der Waals surface area contributed by atoms with E-state index in [1.165, 1.54) is 56.3 Å². The molecule has 26 nitrogen and oxygen atoms in total. The normalized spacial score (nSPS) is 31.5. The van der Waals surface area contributed by atoms with E-state index in [1.54, 1.807) is 26.0 Å². The number of amides is 12. The Morgan fingerprint density at radius 1 is 0.640 bits per heavy atom. The largest absolute Gasteiger partial charge is 0.411 e. The number of hydrogen-bond donors (Lipinski definition) is 3. The molecule has 37 heteroatoms. The highest BCUT2D eigenvalue weighted by atomic mass is 19.4. The lowest BCUT2D eigenvalue weighted by atomic mass is 9.74. The summed E-state index contributed by atoms with van der Waals surface area (Å²) in [5.41, 5.74) is -1.78. The fourth-order valence-electron chi connectivity index (χ4n) is 16.8. The van der Waals surface area contributed by atoms with Crippen molar-refractivity contribution in [2.24, 2.45) is 35.5 Å². The van der Waals surface area contributed by atoms with Crippen molar-refractivity contribution in [1.82, 2.24) is 60.0 Å². The first-order chi connectivity index (χ1) is 51.9. The van der Waals surface area contributed by atoms with Crippen molar-refractivity contribution < 1.29 is 115 Å². The van der Waals surface area contributed by atoms with Gasteiger partial charge < -0.3 is 69.5 Å². The van der Waals surface area contributed by atoms with E-state index in [0.717, 1.165) is 46.2 Å². The van der Waals surface area contributed by atoms with Gasteiger partial charge in [0.05, 0.1) is 38.1 Å². The van der Waals surface area contributed by atoms with E-state index in [9.17, 15) is 68.3 Å². The third-order valence-corrected chi connectivity index (χ3v) is 23.8. The van der Waals surface area contributed by atoms with Gasteiger partial charge in [-0.25, -0.2) is 8.78 Å². The van der Waals surface area contributed by atoms with Crippen molar-refractivity contribution in [3.8, 4) is 0 Å². The van der Waals surface area contributed by atoms with Gasteiger partial charge in [-0.05, 0) is 133 Å². The molecule has 12 amide bonds. The van der Waals surface area contributed by atoms with Crippen molar-refractivity contribution in [1.29, 1.82) is 0 Å². The third kappa shape index (κ3) is 22.7. The summed E-state index contributed by atoms with van der Waals surface area (Å²) >= 11 is 0. The number of ether oxygens (including phenoxy) is 2. The van der Waals surface area contributed by atoms with Gasteiger partial charge in [0.25, 0.3) is 0 Å². The summed E-state index contributed by atoms with van der Waals surface area (Å²) in [6, 6.07) is -13.0. The van der Waals surface area contributed by atoms with Crippen LogP contribution in [0.4, 0.5) is 48.3 Å². The summed E-state index contributed by atoms with van der Waals surface area (Å²) in [5, 5.41) is 7.99. The van der Waals surface area contributed by atoms with Crippen molar-refractivity contribution in [2.45, 2.75) is 246 Å². The predicted octanol–water partition coefficient (Wildman–Crippen LogP) is 5.88. The van der Waals surface area contributed by atoms with Gasteiger partial charge in [-0.15, -0.1) is 0 Å². The van der Waals surface area contributed by atoms with Gasteiger partial charge in [-0.2, -0.15) is 39.5 Å². The van der Waals surface area contributed by atoms with E-state index in [2.05, 4.69) is 16.0 Å². The number of fused-ring (bicyclic) bond motifs is 3. The fourth-order valence-corrected chi connectivity index (χ4v) is 16.8. The molecule has 2 bridgehead atoms. The minimum Gasteiger partial charge on any atom is -0.377 e. The highest BCUT2D eigenvalue weighted by Gasteiger charge is 2.56. The molecule has 12 atom stereocenters. The molecule has 111 heavy (non-hydrogen) atoms. The van der Waals surface area contributed by atoms with E-state index < -0.39 is 249 Å². The lowest BCUT2D eigenvalue weighted by Gasteiger charge is -2.46. The van der Waals surface area contributed by atoms with Crippen LogP contribution in [-0.4, -0.2) is 308 Å². The molecular formula is C74H111F11N12O14. The van der Waals surface area contributed by atoms with Crippen LogP contribution in [0.15, 0.2) is 12.2 Å². The molecule has 0 aromatic heterocycles. The molecule has 1 spiro atoms. The van der Waals surface area contributed by atoms with E-state index >= 15 is 37.5 Å². The number of nitrogens with one attached hydrogen (secondary N) is 3. The SMILES string of the molecule is CCO[C@@H]1C[C@H]2C(=O)NC3(CCC3)C(=O)N(C)[C@@H](C3CCCC3)C(=O)N(C)[C@H](C(=O)N(C)C)CC(=O)N(C)[C@@H](COCC(F)(F)F)C(=O)N[C@@H]([C@@H](C)CC)C(=O)N(C)CC(=O)N(C)[C@H]3C/C=C\CCN(C3=O)[C@@H](CC3CCC(C(F)(F)F)CC3)C(=O)N(C)CC(=O)N[C@@H](CCC3CC(F)C(C(F)(F)F)C(F)C3)C(=O)N2C1. The molecule has 7 aliphatic rings. The maximum Gasteiger partial charge on any atom is 0.411 e. The Kier molecular flexibility index (Phi) is 31.5. The molecule has 3 aliphatic heterocycles. The number of rotatable bonds is 14. The first-order valence-corrected chi connectivity index (χ1v) is 38.5. The molecule has 3 heterocycles. The zero-order valence-electron chi connectivity index (χ0n) is 65.2. The maximum atomic E-state index is 15.5. The molecule has 2 unspecified atom stereocenters. The maximum absolute atomic E-state index is 15.5. The second-order valence-electron chi connectivity index (χ2n) is 31.7. The van der Waals surface area contributed by atoms with Gasteiger partial charge >= 0.3 is 18.5 Å². The summed E-state index contributed by atoms with van der Waals surface area (Å²) in [5.74, 6) is -19.2. The van der Waals surface area contributed by atoms with Crippen molar-refractivity contribution in [2.75, 3.05) is 102 Å². The summed E-state index contributed by atoms with van der Waals surface area (Å²) < 4.78 is 168. The van der Waals surface area contributed by atoms with Crippen molar-refractivity contribution in [3.63, 3.8) is 0 Å². The summed E-state index contributed by atoms with van der Waals surface area (Å²) in [7, 11) is 9.78. The highest BCUT2D eigenvalue weighted by molar-refractivity contribution is 6.01. The lowest BCUT2D eigenvalue weighted by Crippen LogP contribution is -2.68. The number of hydrogen-bond acceptors (Lipinski definition) is 14. The molecule has 4 aliphatic carbocycles. The van der Waals surface area contributed by atoms with Gasteiger partial charge in [-0.1, -0.05) is 45.3 Å². The first kappa shape index (κ1) is 90.7. The van der Waals surface area contributed by atoms with Gasteiger partial charge in [0.1, 0.15) is 78.7 Å². The molecule has 4 saturated carbocycles. The lowest BCUT2D eigenvalue weighted by molar-refractivity contribution is -0.219. The summed E-state index contributed by atoms with van der Waals surface area (Å²) in [6.07, 6.45) is -20.1. The number of halogens is 11. The van der Waals surface area contributed by atoms with Crippen LogP contribution in [0.1, 0.15) is 156 Å². The average Bonchev–Trinajstić information content (AvgIpc) is 1.73. The van der Waals surface area contributed by atoms with E-state index in [4.69, 9.17) is 9.47 Å². The Morgan fingerprint density at radius 2 is 1.26 bits per heavy atom. The Morgan fingerprint density at radius 3 is 1.82 bits per heavy atom. The number of nitrogens with zero attached hydrogens (tertiary/aromatic N) is 9.